The Balaban J connectivity index is 1.12. The second-order valence-corrected chi connectivity index (χ2v) is 14.6. The van der Waals surface area contributed by atoms with Crippen LogP contribution in [0.4, 0.5) is 13.2 Å². The molecule has 0 saturated heterocycles. The Labute approximate surface area is 254 Å². The molecule has 2 aromatic rings. The number of Topliss-reactive ketones (excluding diaryl/α,β-unsaturated/α-hetero) is 1. The molecule has 1 aliphatic heterocycles. The van der Waals surface area contributed by atoms with Crippen molar-refractivity contribution in [1.82, 2.24) is 10.3 Å². The van der Waals surface area contributed by atoms with Crippen LogP contribution in [-0.2, 0) is 33.3 Å². The average Bonchev–Trinajstić information content (AvgIpc) is 3.53. The Morgan fingerprint density at radius 2 is 2.10 bits per heavy atom. The number of aromatic nitrogens is 1. The topological polar surface area (TPSA) is 91.3 Å². The highest BCUT2D eigenvalue weighted by molar-refractivity contribution is 14.1. The SMILES string of the molecule is O=IC([O-])CCc1ccc2c(c1)[C@H](N[C@@H]1C[C@H]3CCC[C@@]3(C(=O)CC3CCc4ncc(C(F)(F)F)cc4C3)C1)CCO2. The van der Waals surface area contributed by atoms with Gasteiger partial charge in [0, 0.05) is 47.8 Å². The van der Waals surface area contributed by atoms with E-state index in [9.17, 15) is 26.1 Å². The zero-order valence-corrected chi connectivity index (χ0v) is 25.7. The molecule has 0 bridgehead atoms. The third-order valence-electron chi connectivity index (χ3n) is 10.2. The minimum atomic E-state index is -4.42. The van der Waals surface area contributed by atoms with Crippen molar-refractivity contribution in [2.45, 2.75) is 99.4 Å². The van der Waals surface area contributed by atoms with Crippen LogP contribution in [0, 0.1) is 17.3 Å². The summed E-state index contributed by atoms with van der Waals surface area (Å²) in [5.74, 6) is 1.54. The van der Waals surface area contributed by atoms with Crippen LogP contribution in [0.1, 0.15) is 91.8 Å². The number of hydrogen-bond acceptors (Lipinski definition) is 6. The van der Waals surface area contributed by atoms with Crippen LogP contribution in [0.5, 0.6) is 5.75 Å². The van der Waals surface area contributed by atoms with Gasteiger partial charge in [0.25, 0.3) is 0 Å². The van der Waals surface area contributed by atoms with E-state index in [-0.39, 0.29) is 23.4 Å². The number of ether oxygens (including phenoxy) is 1. The largest absolute Gasteiger partial charge is 0.842 e. The molecular weight excluding hydrogens is 660 g/mol. The van der Waals surface area contributed by atoms with E-state index >= 15 is 0 Å². The molecule has 2 unspecified atom stereocenters. The number of ketones is 1. The van der Waals surface area contributed by atoms with Crippen LogP contribution in [0.25, 0.3) is 0 Å². The fourth-order valence-electron chi connectivity index (χ4n) is 8.10. The Morgan fingerprint density at radius 1 is 1.24 bits per heavy atom. The van der Waals surface area contributed by atoms with Crippen molar-refractivity contribution >= 4 is 27.0 Å². The molecule has 228 valence electrons. The standard InChI is InChI=1S/C32H37F3IN2O4/c33-32(34,35)23-15-21-12-20(3-6-26(21)37-18-23)14-29(39)31-10-1-2-22(31)16-24(17-31)38-27-9-11-42-28-7-4-19(13-25(27)28)5-8-30(40)36-41/h4,7,13,15,18,20,22,24,27,30,38H,1-3,5-6,8-12,14,16-17H2/q-1/t20?,22-,24-,27-,30?,31-/m1/s1. The predicted molar refractivity (Wildman–Crippen MR) is 156 cm³/mol. The van der Waals surface area contributed by atoms with Gasteiger partial charge in [-0.3, -0.25) is 12.8 Å². The molecule has 3 aliphatic carbocycles. The summed E-state index contributed by atoms with van der Waals surface area (Å²) in [5.41, 5.74) is 2.44. The van der Waals surface area contributed by atoms with Crippen LogP contribution in [0.15, 0.2) is 30.5 Å². The summed E-state index contributed by atoms with van der Waals surface area (Å²) >= 11 is -1.54. The first kappa shape index (κ1) is 30.1. The predicted octanol–water partition coefficient (Wildman–Crippen LogP) is 6.16. The molecule has 0 spiro atoms. The van der Waals surface area contributed by atoms with Crippen LogP contribution >= 0.6 is 21.2 Å². The van der Waals surface area contributed by atoms with Gasteiger partial charge in [0.1, 0.15) is 32.7 Å². The van der Waals surface area contributed by atoms with Crippen molar-refractivity contribution in [2.24, 2.45) is 17.3 Å². The van der Waals surface area contributed by atoms with E-state index in [4.69, 9.17) is 4.74 Å². The number of carbonyl (C=O) groups is 1. The Kier molecular flexibility index (Phi) is 8.77. The highest BCUT2D eigenvalue weighted by atomic mass is 127. The van der Waals surface area contributed by atoms with Gasteiger partial charge in [-0.15, -0.1) is 0 Å². The summed E-state index contributed by atoms with van der Waals surface area (Å²) < 4.78 is 55.8. The first-order valence-electron chi connectivity index (χ1n) is 15.2. The maximum Gasteiger partial charge on any atom is 0.417 e. The summed E-state index contributed by atoms with van der Waals surface area (Å²) in [6, 6.07) is 7.60. The molecule has 1 aromatic heterocycles. The maximum absolute atomic E-state index is 14.0. The average molecular weight is 698 g/mol. The van der Waals surface area contributed by atoms with E-state index < -0.39 is 37.0 Å². The summed E-state index contributed by atoms with van der Waals surface area (Å²) in [4.78, 5) is 18.1. The van der Waals surface area contributed by atoms with Crippen LogP contribution in [0.3, 0.4) is 0 Å². The van der Waals surface area contributed by atoms with E-state index in [1.165, 1.54) is 6.07 Å². The zero-order valence-electron chi connectivity index (χ0n) is 23.6. The van der Waals surface area contributed by atoms with Crippen molar-refractivity contribution < 1.29 is 30.9 Å². The van der Waals surface area contributed by atoms with Crippen molar-refractivity contribution in [1.29, 1.82) is 0 Å². The number of benzene rings is 1. The molecule has 0 amide bonds. The summed E-state index contributed by atoms with van der Waals surface area (Å²) in [7, 11) is 0. The number of halogens is 4. The van der Waals surface area contributed by atoms with E-state index in [0.29, 0.717) is 56.0 Å². The number of hydrogen-bond donors (Lipinski definition) is 1. The van der Waals surface area contributed by atoms with E-state index in [1.807, 2.05) is 12.1 Å². The molecule has 4 aliphatic rings. The maximum atomic E-state index is 14.0. The molecule has 6 atom stereocenters. The molecule has 1 N–H and O–H groups in total. The summed E-state index contributed by atoms with van der Waals surface area (Å²) in [6.07, 6.45) is 5.34. The number of nitrogens with zero attached hydrogens (tertiary/aromatic N) is 1. The van der Waals surface area contributed by atoms with Crippen LogP contribution in [-0.4, -0.2) is 27.5 Å². The number of rotatable bonds is 9. The van der Waals surface area contributed by atoms with Crippen molar-refractivity contribution in [3.63, 3.8) is 0 Å². The Morgan fingerprint density at radius 3 is 2.90 bits per heavy atom. The van der Waals surface area contributed by atoms with Crippen LogP contribution in [0.2, 0.25) is 0 Å². The second kappa shape index (κ2) is 12.2. The molecule has 6 rings (SSSR count). The Hall–Kier alpha value is -1.92. The number of pyridine rings is 1. The molecule has 10 heteroatoms. The lowest BCUT2D eigenvalue weighted by atomic mass is 9.72. The van der Waals surface area contributed by atoms with Gasteiger partial charge in [-0.05, 0) is 90.6 Å². The molecule has 1 aromatic carbocycles. The van der Waals surface area contributed by atoms with Crippen molar-refractivity contribution in [2.75, 3.05) is 6.61 Å². The van der Waals surface area contributed by atoms with E-state index in [1.54, 1.807) is 0 Å². The minimum absolute atomic E-state index is 0.0520. The lowest BCUT2D eigenvalue weighted by Gasteiger charge is -2.32. The molecule has 6 nitrogen and oxygen atoms in total. The number of aryl methyl sites for hydroxylation is 2. The fourth-order valence-corrected chi connectivity index (χ4v) is 8.67. The van der Waals surface area contributed by atoms with Gasteiger partial charge in [0.2, 0.25) is 0 Å². The van der Waals surface area contributed by atoms with E-state index in [2.05, 4.69) is 16.4 Å². The van der Waals surface area contributed by atoms with E-state index in [0.717, 1.165) is 73.7 Å². The lowest BCUT2D eigenvalue weighted by Crippen LogP contribution is -2.37. The molecule has 2 heterocycles. The third kappa shape index (κ3) is 6.18. The van der Waals surface area contributed by atoms with Gasteiger partial charge in [-0.25, -0.2) is 0 Å². The van der Waals surface area contributed by atoms with Crippen molar-refractivity contribution in [3.05, 3.63) is 58.4 Å². The van der Waals surface area contributed by atoms with Crippen molar-refractivity contribution in [3.8, 4) is 5.75 Å². The molecular formula is C32H37F3IN2O4-. The van der Waals surface area contributed by atoms with Gasteiger partial charge in [-0.1, -0.05) is 25.0 Å². The third-order valence-corrected chi connectivity index (χ3v) is 11.4. The molecule has 2 saturated carbocycles. The highest BCUT2D eigenvalue weighted by Gasteiger charge is 2.54. The quantitative estimate of drug-likeness (QED) is 0.250. The van der Waals surface area contributed by atoms with Gasteiger partial charge < -0.3 is 15.2 Å². The lowest BCUT2D eigenvalue weighted by molar-refractivity contribution is -0.379. The van der Waals surface area contributed by atoms with Gasteiger partial charge in [-0.2, -0.15) is 13.2 Å². The second-order valence-electron chi connectivity index (χ2n) is 12.7. The normalized spacial score (nSPS) is 29.3. The van der Waals surface area contributed by atoms with Crippen LogP contribution < -0.4 is 15.2 Å². The fraction of sp³-hybridized carbons (Fsp3) is 0.625. The molecule has 0 radical (unpaired) electrons. The molecule has 2 fully saturated rings. The monoisotopic (exact) mass is 697 g/mol. The van der Waals surface area contributed by atoms with Gasteiger partial charge >= 0.3 is 6.18 Å². The zero-order chi connectivity index (χ0) is 29.5. The number of fused-ring (bicyclic) bond motifs is 3. The first-order valence-corrected chi connectivity index (χ1v) is 17.3. The number of alkyl halides is 4. The summed E-state index contributed by atoms with van der Waals surface area (Å²) in [6.45, 7) is 0.613. The number of carbonyl (C=O) groups excluding carboxylic acids is 1. The summed E-state index contributed by atoms with van der Waals surface area (Å²) in [5, 5.41) is 15.6. The molecule has 42 heavy (non-hydrogen) atoms. The smallest absolute Gasteiger partial charge is 0.417 e. The van der Waals surface area contributed by atoms with Gasteiger partial charge in [0.15, 0.2) is 0 Å². The Bertz CT molecular complexity index is 1340. The first-order chi connectivity index (χ1) is 20.1. The van der Waals surface area contributed by atoms with Gasteiger partial charge in [0.05, 0.1) is 12.2 Å². The number of nitrogens with one attached hydrogen (secondary N) is 1. The highest BCUT2D eigenvalue weighted by Crippen LogP contribution is 2.56. The minimum Gasteiger partial charge on any atom is -0.842 e.